The van der Waals surface area contributed by atoms with Crippen molar-refractivity contribution < 1.29 is 9.32 Å². The third kappa shape index (κ3) is 3.50. The number of benzene rings is 1. The van der Waals surface area contributed by atoms with Crippen LogP contribution in [0.5, 0.6) is 0 Å². The Kier molecular flexibility index (Phi) is 4.75. The number of rotatable bonds is 2. The van der Waals surface area contributed by atoms with Crippen molar-refractivity contribution in [2.24, 2.45) is 10.2 Å². The summed E-state index contributed by atoms with van der Waals surface area (Å²) in [5.74, 6) is 1.37. The molecule has 0 atom stereocenters. The zero-order valence-corrected chi connectivity index (χ0v) is 15.3. The summed E-state index contributed by atoms with van der Waals surface area (Å²) in [6.45, 7) is 4.54. The predicted octanol–water partition coefficient (Wildman–Crippen LogP) is 2.25. The molecule has 0 unspecified atom stereocenters. The van der Waals surface area contributed by atoms with Gasteiger partial charge in [-0.1, -0.05) is 47.3 Å². The van der Waals surface area contributed by atoms with Crippen molar-refractivity contribution in [3.8, 4) is 0 Å². The van der Waals surface area contributed by atoms with Crippen molar-refractivity contribution in [2.45, 2.75) is 6.92 Å². The van der Waals surface area contributed by atoms with Gasteiger partial charge < -0.3 is 14.3 Å². The van der Waals surface area contributed by atoms with Crippen LogP contribution in [0.25, 0.3) is 0 Å². The van der Waals surface area contributed by atoms with Gasteiger partial charge in [0.05, 0.1) is 5.71 Å². The van der Waals surface area contributed by atoms with Gasteiger partial charge in [-0.05, 0) is 12.5 Å². The van der Waals surface area contributed by atoms with E-state index in [9.17, 15) is 4.79 Å². The minimum absolute atomic E-state index is 0.0795. The van der Waals surface area contributed by atoms with Crippen LogP contribution in [0, 0.1) is 6.92 Å². The van der Waals surface area contributed by atoms with Crippen molar-refractivity contribution in [1.29, 1.82) is 0 Å². The number of hydrogen-bond acceptors (Lipinski definition) is 7. The van der Waals surface area contributed by atoms with Crippen LogP contribution in [0.15, 0.2) is 51.1 Å². The molecule has 0 N–H and O–H groups in total. The smallest absolute Gasteiger partial charge is 0.276 e. The summed E-state index contributed by atoms with van der Waals surface area (Å²) in [6.07, 6.45) is 0. The van der Waals surface area contributed by atoms with Crippen molar-refractivity contribution in [3.05, 3.63) is 53.4 Å². The molecule has 2 aliphatic rings. The number of carbonyl (C=O) groups is 1. The number of amides is 1. The first kappa shape index (κ1) is 16.8. The van der Waals surface area contributed by atoms with Gasteiger partial charge in [0.2, 0.25) is 0 Å². The molecule has 3 heterocycles. The maximum absolute atomic E-state index is 12.4. The van der Waals surface area contributed by atoms with Crippen LogP contribution in [0.4, 0.5) is 0 Å². The number of piperazine rings is 1. The zero-order chi connectivity index (χ0) is 17.9. The Labute approximate surface area is 155 Å². The Hall–Kier alpha value is -2.61. The minimum Gasteiger partial charge on any atom is -0.361 e. The molecule has 0 spiro atoms. The Bertz CT molecular complexity index is 853. The lowest BCUT2D eigenvalue weighted by Crippen LogP contribution is -2.50. The van der Waals surface area contributed by atoms with E-state index in [0.717, 1.165) is 35.3 Å². The second kappa shape index (κ2) is 7.33. The molecule has 8 heteroatoms. The second-order valence-corrected chi connectivity index (χ2v) is 7.13. The van der Waals surface area contributed by atoms with Gasteiger partial charge in [-0.2, -0.15) is 5.10 Å². The molecule has 1 aromatic carbocycles. The third-order valence-electron chi connectivity index (χ3n) is 4.39. The van der Waals surface area contributed by atoms with Crippen molar-refractivity contribution in [1.82, 2.24) is 15.0 Å². The molecule has 7 nitrogen and oxygen atoms in total. The van der Waals surface area contributed by atoms with Gasteiger partial charge in [0.15, 0.2) is 10.9 Å². The van der Waals surface area contributed by atoms with Gasteiger partial charge >= 0.3 is 0 Å². The van der Waals surface area contributed by atoms with E-state index in [0.29, 0.717) is 24.5 Å². The van der Waals surface area contributed by atoms with E-state index in [1.807, 2.05) is 18.2 Å². The number of amidine groups is 1. The maximum atomic E-state index is 12.4. The highest BCUT2D eigenvalue weighted by atomic mass is 32.2. The predicted molar refractivity (Wildman–Crippen MR) is 102 cm³/mol. The standard InChI is InChI=1S/C18H19N5O2S/c1-13-11-15(21-25-13)17(24)22-7-9-23(10-8-22)18-20-19-16(12-26-18)14-5-3-2-4-6-14/h2-6,11H,7-10,12H2,1H3. The van der Waals surface area contributed by atoms with E-state index in [1.54, 1.807) is 29.7 Å². The molecule has 1 aromatic heterocycles. The van der Waals surface area contributed by atoms with Gasteiger partial charge in [0, 0.05) is 38.0 Å². The average molecular weight is 369 g/mol. The van der Waals surface area contributed by atoms with Crippen LogP contribution < -0.4 is 0 Å². The number of hydrogen-bond donors (Lipinski definition) is 0. The summed E-state index contributed by atoms with van der Waals surface area (Å²) in [7, 11) is 0. The maximum Gasteiger partial charge on any atom is 0.276 e. The number of nitrogens with zero attached hydrogens (tertiary/aromatic N) is 5. The highest BCUT2D eigenvalue weighted by molar-refractivity contribution is 8.14. The highest BCUT2D eigenvalue weighted by Crippen LogP contribution is 2.20. The number of aromatic nitrogens is 1. The molecular weight excluding hydrogens is 350 g/mol. The summed E-state index contributed by atoms with van der Waals surface area (Å²) in [6, 6.07) is 11.8. The van der Waals surface area contributed by atoms with E-state index in [2.05, 4.69) is 32.4 Å². The molecule has 0 aliphatic carbocycles. The highest BCUT2D eigenvalue weighted by Gasteiger charge is 2.27. The average Bonchev–Trinajstić information content (AvgIpc) is 3.15. The normalized spacial score (nSPS) is 17.7. The number of carbonyl (C=O) groups excluding carboxylic acids is 1. The lowest BCUT2D eigenvalue weighted by molar-refractivity contribution is 0.0683. The van der Waals surface area contributed by atoms with Crippen molar-refractivity contribution in [3.63, 3.8) is 0 Å². The molecule has 0 bridgehead atoms. The van der Waals surface area contributed by atoms with Crippen LogP contribution in [0.3, 0.4) is 0 Å². The Morgan fingerprint density at radius 3 is 2.50 bits per heavy atom. The third-order valence-corrected chi connectivity index (χ3v) is 5.40. The van der Waals surface area contributed by atoms with Crippen LogP contribution in [-0.2, 0) is 0 Å². The van der Waals surface area contributed by atoms with E-state index in [-0.39, 0.29) is 5.91 Å². The topological polar surface area (TPSA) is 74.3 Å². The lowest BCUT2D eigenvalue weighted by Gasteiger charge is -2.36. The SMILES string of the molecule is Cc1cc(C(=O)N2CCN(C3=NN=C(c4ccccc4)CS3)CC2)no1. The van der Waals surface area contributed by atoms with Crippen molar-refractivity contribution >= 4 is 28.5 Å². The summed E-state index contributed by atoms with van der Waals surface area (Å²) in [5.41, 5.74) is 2.48. The first-order valence-electron chi connectivity index (χ1n) is 8.51. The zero-order valence-electron chi connectivity index (χ0n) is 14.5. The summed E-state index contributed by atoms with van der Waals surface area (Å²) in [4.78, 5) is 16.4. The first-order chi connectivity index (χ1) is 12.7. The fourth-order valence-corrected chi connectivity index (χ4v) is 3.90. The molecule has 26 heavy (non-hydrogen) atoms. The molecule has 2 aliphatic heterocycles. The first-order valence-corrected chi connectivity index (χ1v) is 9.49. The van der Waals surface area contributed by atoms with E-state index in [4.69, 9.17) is 4.52 Å². The van der Waals surface area contributed by atoms with Crippen LogP contribution >= 0.6 is 11.8 Å². The molecule has 1 fully saturated rings. The van der Waals surface area contributed by atoms with Gasteiger partial charge in [-0.15, -0.1) is 5.10 Å². The number of thioether (sulfide) groups is 1. The van der Waals surface area contributed by atoms with E-state index in [1.165, 1.54) is 0 Å². The Morgan fingerprint density at radius 1 is 1.12 bits per heavy atom. The van der Waals surface area contributed by atoms with Crippen LogP contribution in [-0.4, -0.2) is 63.7 Å². The van der Waals surface area contributed by atoms with E-state index < -0.39 is 0 Å². The number of aryl methyl sites for hydroxylation is 1. The van der Waals surface area contributed by atoms with Gasteiger partial charge in [0.25, 0.3) is 5.91 Å². The molecule has 2 aromatic rings. The molecule has 1 amide bonds. The van der Waals surface area contributed by atoms with Gasteiger partial charge in [-0.25, -0.2) is 0 Å². The monoisotopic (exact) mass is 369 g/mol. The van der Waals surface area contributed by atoms with Gasteiger partial charge in [0.1, 0.15) is 5.76 Å². The van der Waals surface area contributed by atoms with E-state index >= 15 is 0 Å². The van der Waals surface area contributed by atoms with Crippen LogP contribution in [0.1, 0.15) is 21.8 Å². The second-order valence-electron chi connectivity index (χ2n) is 6.19. The molecule has 0 saturated carbocycles. The van der Waals surface area contributed by atoms with Crippen LogP contribution in [0.2, 0.25) is 0 Å². The molecular formula is C18H19N5O2S. The molecule has 0 radical (unpaired) electrons. The summed E-state index contributed by atoms with van der Waals surface area (Å²) >= 11 is 1.70. The lowest BCUT2D eigenvalue weighted by atomic mass is 10.1. The molecule has 1 saturated heterocycles. The summed E-state index contributed by atoms with van der Waals surface area (Å²) < 4.78 is 4.99. The summed E-state index contributed by atoms with van der Waals surface area (Å²) in [5, 5.41) is 13.5. The molecule has 4 rings (SSSR count). The minimum atomic E-state index is -0.0795. The van der Waals surface area contributed by atoms with Crippen molar-refractivity contribution in [2.75, 3.05) is 31.9 Å². The molecule has 134 valence electrons. The van der Waals surface area contributed by atoms with Gasteiger partial charge in [-0.3, -0.25) is 4.79 Å². The Balaban J connectivity index is 1.37. The largest absolute Gasteiger partial charge is 0.361 e. The Morgan fingerprint density at radius 2 is 1.88 bits per heavy atom. The fraction of sp³-hybridized carbons (Fsp3) is 0.333. The quantitative estimate of drug-likeness (QED) is 0.812. The fourth-order valence-electron chi connectivity index (χ4n) is 2.95.